The van der Waals surface area contributed by atoms with Crippen LogP contribution in [0.15, 0.2) is 23.4 Å². The Hall–Kier alpha value is -2.77. The summed E-state index contributed by atoms with van der Waals surface area (Å²) in [5.41, 5.74) is 0.0835. The van der Waals surface area contributed by atoms with Gasteiger partial charge in [-0.1, -0.05) is 11.3 Å². The van der Waals surface area contributed by atoms with Crippen molar-refractivity contribution < 1.29 is 22.3 Å². The van der Waals surface area contributed by atoms with Crippen LogP contribution >= 0.6 is 11.3 Å². The lowest BCUT2D eigenvalue weighted by atomic mass is 10.1. The van der Waals surface area contributed by atoms with Gasteiger partial charge in [-0.2, -0.15) is 9.98 Å². The highest BCUT2D eigenvalue weighted by molar-refractivity contribution is 7.89. The minimum Gasteiger partial charge on any atom is -0.395 e. The van der Waals surface area contributed by atoms with E-state index in [1.807, 2.05) is 17.9 Å². The van der Waals surface area contributed by atoms with Gasteiger partial charge in [0.25, 0.3) is 6.43 Å². The normalized spacial score (nSPS) is 22.0. The molecule has 2 aliphatic rings. The number of nitriles is 1. The van der Waals surface area contributed by atoms with E-state index in [4.69, 9.17) is 0 Å². The van der Waals surface area contributed by atoms with Gasteiger partial charge in [0.2, 0.25) is 10.0 Å². The second kappa shape index (κ2) is 8.71. The van der Waals surface area contributed by atoms with Crippen LogP contribution in [-0.2, 0) is 10.0 Å². The zero-order chi connectivity index (χ0) is 25.0. The molecule has 1 saturated heterocycles. The summed E-state index contributed by atoms with van der Waals surface area (Å²) in [5, 5.41) is 29.5. The Bertz CT molecular complexity index is 1410. The first-order chi connectivity index (χ1) is 16.6. The number of sulfonamides is 1. The van der Waals surface area contributed by atoms with Crippen LogP contribution in [0.2, 0.25) is 0 Å². The van der Waals surface area contributed by atoms with E-state index < -0.39 is 27.0 Å². The minimum atomic E-state index is -4.10. The van der Waals surface area contributed by atoms with E-state index in [2.05, 4.69) is 25.2 Å². The number of alkyl halides is 2. The first kappa shape index (κ1) is 23.9. The highest BCUT2D eigenvalue weighted by atomic mass is 32.2. The average molecular weight is 525 g/mol. The van der Waals surface area contributed by atoms with Gasteiger partial charge >= 0.3 is 0 Å². The molecule has 2 atom stereocenters. The number of fused-ring (bicyclic) bond motifs is 1. The van der Waals surface area contributed by atoms with Crippen molar-refractivity contribution in [2.75, 3.05) is 24.6 Å². The third-order valence-corrected chi connectivity index (χ3v) is 8.48. The Labute approximate surface area is 203 Å². The fourth-order valence-corrected chi connectivity index (χ4v) is 6.27. The van der Waals surface area contributed by atoms with Gasteiger partial charge in [0.1, 0.15) is 16.1 Å². The number of pyridine rings is 1. The highest BCUT2D eigenvalue weighted by Gasteiger charge is 2.47. The molecule has 2 fully saturated rings. The zero-order valence-corrected chi connectivity index (χ0v) is 20.2. The maximum absolute atomic E-state index is 13.3. The molecule has 1 saturated carbocycles. The minimum absolute atomic E-state index is 0.00106. The Balaban J connectivity index is 1.66. The first-order valence-corrected chi connectivity index (χ1v) is 13.1. The predicted octanol–water partition coefficient (Wildman–Crippen LogP) is 1.28. The van der Waals surface area contributed by atoms with Crippen molar-refractivity contribution in [3.63, 3.8) is 0 Å². The molecule has 0 spiro atoms. The second-order valence-electron chi connectivity index (χ2n) is 8.80. The van der Waals surface area contributed by atoms with Crippen molar-refractivity contribution in [2.24, 2.45) is 0 Å². The van der Waals surface area contributed by atoms with E-state index in [1.54, 1.807) is 0 Å². The van der Waals surface area contributed by atoms with Crippen molar-refractivity contribution in [2.45, 2.75) is 48.7 Å². The molecule has 3 aromatic heterocycles. The molecule has 186 valence electrons. The van der Waals surface area contributed by atoms with Gasteiger partial charge in [-0.05, 0) is 25.8 Å². The van der Waals surface area contributed by atoms with Crippen molar-refractivity contribution >= 4 is 32.7 Å². The monoisotopic (exact) mass is 524 g/mol. The number of piperazine rings is 1. The van der Waals surface area contributed by atoms with E-state index in [-0.39, 0.29) is 28.6 Å². The molecule has 11 nitrogen and oxygen atoms in total. The van der Waals surface area contributed by atoms with E-state index in [0.717, 1.165) is 0 Å². The van der Waals surface area contributed by atoms with E-state index >= 15 is 0 Å². The number of imidazole rings is 1. The zero-order valence-electron chi connectivity index (χ0n) is 18.5. The SMILES string of the molecule is C[C@H]1CN(c2cc(S(=O)(=O)NC3(C#N)CC3)cn3c(-c4nnc(C(F)F)s4)cnc23)C[C@H](CO)N1. The van der Waals surface area contributed by atoms with E-state index in [1.165, 1.54) is 22.9 Å². The van der Waals surface area contributed by atoms with Crippen LogP contribution in [0, 0.1) is 11.3 Å². The molecule has 0 unspecified atom stereocenters. The summed E-state index contributed by atoms with van der Waals surface area (Å²) in [6.45, 7) is 2.75. The van der Waals surface area contributed by atoms with Crippen molar-refractivity contribution in [1.29, 1.82) is 5.26 Å². The Morgan fingerprint density at radius 2 is 2.17 bits per heavy atom. The molecule has 5 rings (SSSR count). The molecule has 1 aliphatic carbocycles. The number of halogens is 2. The third-order valence-electron chi connectivity index (χ3n) is 6.03. The van der Waals surface area contributed by atoms with Crippen LogP contribution in [0.5, 0.6) is 0 Å². The summed E-state index contributed by atoms with van der Waals surface area (Å²) < 4.78 is 56.8. The molecule has 0 radical (unpaired) electrons. The smallest absolute Gasteiger partial charge is 0.291 e. The number of aliphatic hydroxyl groups is 1. The molecule has 3 aromatic rings. The van der Waals surface area contributed by atoms with Gasteiger partial charge in [0.05, 0.1) is 24.6 Å². The number of aromatic nitrogens is 4. The maximum Gasteiger partial charge on any atom is 0.291 e. The van der Waals surface area contributed by atoms with Gasteiger partial charge in [-0.3, -0.25) is 4.40 Å². The lowest BCUT2D eigenvalue weighted by molar-refractivity contribution is 0.150. The number of nitrogens with zero attached hydrogens (tertiary/aromatic N) is 6. The molecule has 35 heavy (non-hydrogen) atoms. The number of rotatable bonds is 7. The molecule has 15 heteroatoms. The van der Waals surface area contributed by atoms with Crippen molar-refractivity contribution in [1.82, 2.24) is 29.6 Å². The standard InChI is InChI=1S/C20H22F2N8O3S2/c1-11-6-29(7-12(9-31)25-11)14-4-13(35(32,33)28-20(10-23)2-3-20)8-30-15(5-24-17(14)30)18-26-27-19(34-18)16(21)22/h4-5,8,11-12,16,25,28,31H,2-3,6-7,9H2,1H3/t11-,12+/m0/s1. The fourth-order valence-electron chi connectivity index (χ4n) is 4.17. The number of hydrogen-bond donors (Lipinski definition) is 3. The predicted molar refractivity (Wildman–Crippen MR) is 123 cm³/mol. The largest absolute Gasteiger partial charge is 0.395 e. The molecule has 4 heterocycles. The molecular formula is C20H22F2N8O3S2. The Morgan fingerprint density at radius 1 is 1.40 bits per heavy atom. The lowest BCUT2D eigenvalue weighted by Gasteiger charge is -2.38. The van der Waals surface area contributed by atoms with Crippen LogP contribution in [0.25, 0.3) is 16.3 Å². The van der Waals surface area contributed by atoms with Crippen molar-refractivity contribution in [3.8, 4) is 16.8 Å². The van der Waals surface area contributed by atoms with Crippen LogP contribution < -0.4 is 14.9 Å². The van der Waals surface area contributed by atoms with Crippen LogP contribution in [0.4, 0.5) is 14.5 Å². The molecule has 3 N–H and O–H groups in total. The van der Waals surface area contributed by atoms with Gasteiger partial charge in [0, 0.05) is 31.4 Å². The molecular weight excluding hydrogens is 502 g/mol. The number of aliphatic hydroxyl groups excluding tert-OH is 1. The molecule has 0 aromatic carbocycles. The second-order valence-corrected chi connectivity index (χ2v) is 11.5. The topological polar surface area (TPSA) is 149 Å². The lowest BCUT2D eigenvalue weighted by Crippen LogP contribution is -2.57. The van der Waals surface area contributed by atoms with Crippen molar-refractivity contribution in [3.05, 3.63) is 23.5 Å². The summed E-state index contributed by atoms with van der Waals surface area (Å²) >= 11 is 0.699. The van der Waals surface area contributed by atoms with E-state index in [9.17, 15) is 27.6 Å². The fraction of sp³-hybridized carbons (Fsp3) is 0.500. The summed E-state index contributed by atoms with van der Waals surface area (Å²) in [6.07, 6.45) is 0.835. The number of hydrogen-bond acceptors (Lipinski definition) is 10. The maximum atomic E-state index is 13.3. The number of nitrogens with one attached hydrogen (secondary N) is 2. The van der Waals surface area contributed by atoms with Gasteiger partial charge in [-0.25, -0.2) is 22.2 Å². The summed E-state index contributed by atoms with van der Waals surface area (Å²) in [6, 6.07) is 3.26. The first-order valence-electron chi connectivity index (χ1n) is 10.8. The van der Waals surface area contributed by atoms with Gasteiger partial charge in [0.15, 0.2) is 15.7 Å². The third kappa shape index (κ3) is 4.47. The Morgan fingerprint density at radius 3 is 2.80 bits per heavy atom. The van der Waals surface area contributed by atoms with Crippen LogP contribution in [0.3, 0.4) is 0 Å². The average Bonchev–Trinajstić information content (AvgIpc) is 3.21. The Kier molecular flexibility index (Phi) is 5.96. The van der Waals surface area contributed by atoms with Gasteiger partial charge in [-0.15, -0.1) is 10.2 Å². The van der Waals surface area contributed by atoms with Crippen LogP contribution in [-0.4, -0.2) is 70.4 Å². The molecule has 0 bridgehead atoms. The molecule has 1 aliphatic heterocycles. The molecule has 0 amide bonds. The summed E-state index contributed by atoms with van der Waals surface area (Å²) in [7, 11) is -4.10. The number of anilines is 1. The quantitative estimate of drug-likeness (QED) is 0.416. The summed E-state index contributed by atoms with van der Waals surface area (Å²) in [4.78, 5) is 6.27. The summed E-state index contributed by atoms with van der Waals surface area (Å²) in [5.74, 6) is 0. The van der Waals surface area contributed by atoms with Crippen LogP contribution in [0.1, 0.15) is 31.2 Å². The highest BCUT2D eigenvalue weighted by Crippen LogP contribution is 2.37. The van der Waals surface area contributed by atoms with Gasteiger partial charge < -0.3 is 15.3 Å². The van der Waals surface area contributed by atoms with E-state index in [0.29, 0.717) is 54.3 Å².